The van der Waals surface area contributed by atoms with Crippen LogP contribution in [0.25, 0.3) is 22.4 Å². The Morgan fingerprint density at radius 3 is 2.68 bits per heavy atom. The number of halogens is 3. The number of carbonyl (C=O) groups is 1. The molecule has 1 amide bonds. The van der Waals surface area contributed by atoms with Gasteiger partial charge in [-0.05, 0) is 55.9 Å². The fourth-order valence-corrected chi connectivity index (χ4v) is 6.28. The summed E-state index contributed by atoms with van der Waals surface area (Å²) in [6.45, 7) is 0. The monoisotopic (exact) mass is 550 g/mol. The number of fused-ring (bicyclic) bond motifs is 5. The van der Waals surface area contributed by atoms with E-state index in [4.69, 9.17) is 28.9 Å². The molecule has 1 aromatic carbocycles. The molecule has 11 heteroatoms. The average molecular weight is 551 g/mol. The number of benzene rings is 1. The number of hydrogen-bond donors (Lipinski definition) is 3. The molecule has 0 unspecified atom stereocenters. The van der Waals surface area contributed by atoms with Crippen molar-refractivity contribution >= 4 is 34.9 Å². The van der Waals surface area contributed by atoms with Crippen molar-refractivity contribution in [1.29, 1.82) is 0 Å². The molecule has 3 aromatic heterocycles. The van der Waals surface area contributed by atoms with Crippen molar-refractivity contribution in [3.05, 3.63) is 85.5 Å². The fraction of sp³-hybridized carbons (Fsp3) is 0.259. The second-order valence-electron chi connectivity index (χ2n) is 10.2. The van der Waals surface area contributed by atoms with E-state index in [2.05, 4.69) is 20.3 Å². The normalized spacial score (nSPS) is 18.8. The maximum absolute atomic E-state index is 15.5. The van der Waals surface area contributed by atoms with Crippen molar-refractivity contribution in [2.45, 2.75) is 43.7 Å². The summed E-state index contributed by atoms with van der Waals surface area (Å²) >= 11 is 12.4. The average Bonchev–Trinajstić information content (AvgIpc) is 3.24. The van der Waals surface area contributed by atoms with Gasteiger partial charge in [-0.15, -0.1) is 0 Å². The number of amides is 1. The zero-order valence-electron chi connectivity index (χ0n) is 19.9. The van der Waals surface area contributed by atoms with Gasteiger partial charge in [0.05, 0.1) is 28.5 Å². The minimum absolute atomic E-state index is 0.0436. The molecular weight excluding hydrogens is 530 g/mol. The first-order valence-electron chi connectivity index (χ1n) is 12.3. The number of nitrogens with one attached hydrogen (secondary N) is 2. The highest BCUT2D eigenvalue weighted by Gasteiger charge is 2.47. The molecule has 1 spiro atoms. The van der Waals surface area contributed by atoms with E-state index in [-0.39, 0.29) is 32.8 Å². The Morgan fingerprint density at radius 1 is 1.11 bits per heavy atom. The minimum atomic E-state index is -0.612. The molecule has 8 nitrogen and oxygen atoms in total. The van der Waals surface area contributed by atoms with Gasteiger partial charge in [-0.3, -0.25) is 9.59 Å². The van der Waals surface area contributed by atoms with Gasteiger partial charge in [0.15, 0.2) is 0 Å². The molecule has 192 valence electrons. The molecule has 1 aliphatic carbocycles. The zero-order valence-corrected chi connectivity index (χ0v) is 21.5. The molecule has 4 N–H and O–H groups in total. The minimum Gasteiger partial charge on any atom is -0.384 e. The van der Waals surface area contributed by atoms with Gasteiger partial charge in [0.1, 0.15) is 22.6 Å². The smallest absolute Gasteiger partial charge is 0.254 e. The molecule has 7 rings (SSSR count). The van der Waals surface area contributed by atoms with Gasteiger partial charge in [0, 0.05) is 34.0 Å². The van der Waals surface area contributed by atoms with E-state index in [0.29, 0.717) is 53.4 Å². The van der Waals surface area contributed by atoms with Crippen LogP contribution in [-0.2, 0) is 12.8 Å². The second kappa shape index (κ2) is 8.15. The van der Waals surface area contributed by atoms with E-state index in [0.717, 1.165) is 18.4 Å². The summed E-state index contributed by atoms with van der Waals surface area (Å²) in [7, 11) is 0. The Hall–Kier alpha value is -3.69. The molecule has 1 fully saturated rings. The summed E-state index contributed by atoms with van der Waals surface area (Å²) in [5.74, 6) is -0.0590. The molecule has 0 radical (unpaired) electrons. The lowest BCUT2D eigenvalue weighted by Crippen LogP contribution is -2.41. The van der Waals surface area contributed by atoms with Crippen LogP contribution in [0.1, 0.15) is 52.7 Å². The molecule has 0 saturated heterocycles. The number of H-pyrrole nitrogens is 1. The summed E-state index contributed by atoms with van der Waals surface area (Å²) in [5.41, 5.74) is 8.35. The molecule has 38 heavy (non-hydrogen) atoms. The Kier molecular flexibility index (Phi) is 5.03. The lowest BCUT2D eigenvalue weighted by molar-refractivity contribution is 0.0929. The van der Waals surface area contributed by atoms with Gasteiger partial charge in [0.25, 0.3) is 11.5 Å². The Balaban J connectivity index is 1.39. The number of anilines is 1. The van der Waals surface area contributed by atoms with Crippen molar-refractivity contribution < 1.29 is 9.18 Å². The second-order valence-corrected chi connectivity index (χ2v) is 11.0. The molecule has 1 atom stereocenters. The van der Waals surface area contributed by atoms with Crippen molar-refractivity contribution in [2.75, 3.05) is 5.73 Å². The van der Waals surface area contributed by atoms with E-state index in [1.54, 1.807) is 29.0 Å². The van der Waals surface area contributed by atoms with Crippen LogP contribution in [0.4, 0.5) is 10.2 Å². The van der Waals surface area contributed by atoms with Crippen LogP contribution >= 0.6 is 23.2 Å². The van der Waals surface area contributed by atoms with Crippen molar-refractivity contribution in [3.8, 4) is 22.4 Å². The quantitative estimate of drug-likeness (QED) is 0.313. The Labute approximate surface area is 226 Å². The third-order valence-corrected chi connectivity index (χ3v) is 8.41. The van der Waals surface area contributed by atoms with Crippen LogP contribution < -0.4 is 16.6 Å². The first kappa shape index (κ1) is 23.4. The summed E-state index contributed by atoms with van der Waals surface area (Å²) < 4.78 is 17.1. The van der Waals surface area contributed by atoms with Crippen molar-refractivity contribution in [1.82, 2.24) is 24.8 Å². The van der Waals surface area contributed by atoms with Crippen LogP contribution in [0.15, 0.2) is 41.3 Å². The molecule has 0 bridgehead atoms. The van der Waals surface area contributed by atoms with Crippen LogP contribution in [0.2, 0.25) is 10.2 Å². The van der Waals surface area contributed by atoms with Crippen LogP contribution in [-0.4, -0.2) is 31.0 Å². The predicted molar refractivity (Wildman–Crippen MR) is 142 cm³/mol. The van der Waals surface area contributed by atoms with Gasteiger partial charge in [-0.25, -0.2) is 14.4 Å². The highest BCUT2D eigenvalue weighted by atomic mass is 35.5. The largest absolute Gasteiger partial charge is 0.384 e. The maximum Gasteiger partial charge on any atom is 0.254 e. The number of imidazole rings is 1. The SMILES string of the molecule is Nc1ccc(-c2cnc([C@@H]3CCc4c5c(cc(=O)n43)-c3c(ccc(Cl)c3F)CC3(CC3)NC5=O)[nH]2)c(Cl)n1. The van der Waals surface area contributed by atoms with Gasteiger partial charge >= 0.3 is 0 Å². The molecule has 3 aliphatic rings. The van der Waals surface area contributed by atoms with Gasteiger partial charge in [-0.1, -0.05) is 29.3 Å². The van der Waals surface area contributed by atoms with E-state index in [1.807, 2.05) is 0 Å². The van der Waals surface area contributed by atoms with E-state index in [9.17, 15) is 9.59 Å². The van der Waals surface area contributed by atoms with E-state index >= 15 is 4.39 Å². The van der Waals surface area contributed by atoms with Gasteiger partial charge in [0.2, 0.25) is 0 Å². The Bertz CT molecular complexity index is 1740. The molecule has 2 aliphatic heterocycles. The maximum atomic E-state index is 15.5. The summed E-state index contributed by atoms with van der Waals surface area (Å²) in [4.78, 5) is 39.1. The van der Waals surface area contributed by atoms with Crippen LogP contribution in [0.3, 0.4) is 0 Å². The number of aromatic nitrogens is 4. The van der Waals surface area contributed by atoms with Crippen LogP contribution in [0.5, 0.6) is 0 Å². The highest BCUT2D eigenvalue weighted by Crippen LogP contribution is 2.46. The number of rotatable bonds is 2. The molecular formula is C27H21Cl2FN6O2. The summed E-state index contributed by atoms with van der Waals surface area (Å²) in [5, 5.41) is 3.36. The van der Waals surface area contributed by atoms with Gasteiger partial charge < -0.3 is 20.6 Å². The summed E-state index contributed by atoms with van der Waals surface area (Å²) in [6, 6.07) is 7.62. The topological polar surface area (TPSA) is 119 Å². The number of pyridine rings is 2. The Morgan fingerprint density at radius 2 is 1.92 bits per heavy atom. The van der Waals surface area contributed by atoms with Crippen molar-refractivity contribution in [3.63, 3.8) is 0 Å². The van der Waals surface area contributed by atoms with Gasteiger partial charge in [-0.2, -0.15) is 0 Å². The first-order chi connectivity index (χ1) is 18.2. The van der Waals surface area contributed by atoms with Crippen molar-refractivity contribution in [2.24, 2.45) is 0 Å². The number of aromatic amines is 1. The molecule has 5 heterocycles. The number of carbonyl (C=O) groups excluding carboxylic acids is 1. The third kappa shape index (κ3) is 3.49. The number of nitrogens with two attached hydrogens (primary N) is 1. The number of hydrogen-bond acceptors (Lipinski definition) is 5. The third-order valence-electron chi connectivity index (χ3n) is 7.83. The summed E-state index contributed by atoms with van der Waals surface area (Å²) in [6.07, 6.45) is 4.72. The lowest BCUT2D eigenvalue weighted by Gasteiger charge is -2.27. The highest BCUT2D eigenvalue weighted by molar-refractivity contribution is 6.32. The number of nitrogens with zero attached hydrogens (tertiary/aromatic N) is 3. The zero-order chi connectivity index (χ0) is 26.3. The molecule has 1 saturated carbocycles. The lowest BCUT2D eigenvalue weighted by atomic mass is 9.88. The fourth-order valence-electron chi connectivity index (χ4n) is 5.86. The number of nitrogen functional groups attached to an aromatic ring is 1. The standard InChI is InChI=1S/C27H21Cl2FN6O2/c28-15-3-1-12-10-27(7-8-27)35-26(38)22-14(21(12)23(15)30)9-20(37)36-17(22)4-5-18(36)25-32-11-16(33-25)13-2-6-19(31)34-24(13)29/h1-3,6,9,11,18H,4-5,7-8,10H2,(H2,31,34)(H,32,33)(H,35,38)/t18-/m0/s1. The van der Waals surface area contributed by atoms with E-state index in [1.165, 1.54) is 12.1 Å². The molecule has 4 aromatic rings. The predicted octanol–water partition coefficient (Wildman–Crippen LogP) is 4.68. The van der Waals surface area contributed by atoms with Crippen LogP contribution in [0, 0.1) is 5.82 Å². The van der Waals surface area contributed by atoms with E-state index < -0.39 is 17.4 Å². The first-order valence-corrected chi connectivity index (χ1v) is 13.1.